The summed E-state index contributed by atoms with van der Waals surface area (Å²) in [4.78, 5) is 25.3. The second-order valence-electron chi connectivity index (χ2n) is 8.48. The van der Waals surface area contributed by atoms with Crippen molar-refractivity contribution < 1.29 is 4.79 Å². The van der Waals surface area contributed by atoms with Crippen LogP contribution in [0.5, 0.6) is 0 Å². The lowest BCUT2D eigenvalue weighted by atomic mass is 10.2. The van der Waals surface area contributed by atoms with Crippen molar-refractivity contribution in [1.82, 2.24) is 24.6 Å². The number of nitrogens with one attached hydrogen (secondary N) is 2. The SMILES string of the molecule is CC(C1CC1)n1nccc1NC(=O)CN1CCCN(c2nc3ccccc3[nH]2)CC1. The van der Waals surface area contributed by atoms with Crippen LogP contribution in [-0.2, 0) is 4.79 Å². The van der Waals surface area contributed by atoms with Gasteiger partial charge in [-0.05, 0) is 44.2 Å². The van der Waals surface area contributed by atoms with Crippen LogP contribution in [0.2, 0.25) is 0 Å². The first kappa shape index (κ1) is 19.1. The van der Waals surface area contributed by atoms with Crippen molar-refractivity contribution in [3.63, 3.8) is 0 Å². The molecule has 5 rings (SSSR count). The fraction of sp³-hybridized carbons (Fsp3) is 0.500. The van der Waals surface area contributed by atoms with Crippen LogP contribution in [0.3, 0.4) is 0 Å². The Morgan fingerprint density at radius 3 is 2.90 bits per heavy atom. The minimum atomic E-state index is 0.0249. The zero-order valence-electron chi connectivity index (χ0n) is 17.4. The number of hydrogen-bond acceptors (Lipinski definition) is 5. The Kier molecular flexibility index (Phi) is 5.16. The van der Waals surface area contributed by atoms with Gasteiger partial charge in [0.2, 0.25) is 11.9 Å². The predicted molar refractivity (Wildman–Crippen MR) is 118 cm³/mol. The molecule has 1 amide bonds. The Morgan fingerprint density at radius 2 is 2.07 bits per heavy atom. The molecule has 2 aliphatic rings. The molecule has 2 N–H and O–H groups in total. The Morgan fingerprint density at radius 1 is 1.20 bits per heavy atom. The van der Waals surface area contributed by atoms with Gasteiger partial charge in [-0.3, -0.25) is 9.69 Å². The number of rotatable bonds is 6. The number of benzene rings is 1. The van der Waals surface area contributed by atoms with Crippen molar-refractivity contribution in [3.8, 4) is 0 Å². The number of nitrogens with zero attached hydrogens (tertiary/aromatic N) is 5. The van der Waals surface area contributed by atoms with E-state index in [2.05, 4.69) is 38.2 Å². The maximum Gasteiger partial charge on any atom is 0.239 e. The molecular formula is C22H29N7O. The molecule has 158 valence electrons. The Balaban J connectivity index is 1.17. The number of anilines is 2. The molecule has 8 nitrogen and oxygen atoms in total. The maximum atomic E-state index is 12.7. The van der Waals surface area contributed by atoms with E-state index in [4.69, 9.17) is 4.98 Å². The number of carbonyl (C=O) groups is 1. The summed E-state index contributed by atoms with van der Waals surface area (Å²) in [6.45, 7) is 6.11. The van der Waals surface area contributed by atoms with E-state index in [-0.39, 0.29) is 5.91 Å². The first-order valence-corrected chi connectivity index (χ1v) is 10.9. The van der Waals surface area contributed by atoms with Gasteiger partial charge in [-0.25, -0.2) is 9.67 Å². The molecule has 1 saturated heterocycles. The van der Waals surface area contributed by atoms with Gasteiger partial charge in [0.25, 0.3) is 0 Å². The Hall–Kier alpha value is -2.87. The number of aromatic nitrogens is 4. The van der Waals surface area contributed by atoms with E-state index in [1.54, 1.807) is 6.20 Å². The van der Waals surface area contributed by atoms with Crippen molar-refractivity contribution in [2.24, 2.45) is 5.92 Å². The molecule has 1 saturated carbocycles. The van der Waals surface area contributed by atoms with Crippen LogP contribution in [-0.4, -0.2) is 63.3 Å². The number of hydrogen-bond donors (Lipinski definition) is 2. The van der Waals surface area contributed by atoms with Crippen LogP contribution in [0.1, 0.15) is 32.2 Å². The number of imidazole rings is 1. The topological polar surface area (TPSA) is 82.1 Å². The summed E-state index contributed by atoms with van der Waals surface area (Å²) < 4.78 is 1.96. The third-order valence-corrected chi connectivity index (χ3v) is 6.26. The van der Waals surface area contributed by atoms with E-state index in [1.807, 2.05) is 28.9 Å². The standard InChI is InChI=1S/C22H29N7O/c1-16(17-7-8-17)29-20(9-10-23-29)26-21(30)15-27-11-4-12-28(14-13-27)22-24-18-5-2-3-6-19(18)25-22/h2-3,5-6,9-10,16-17H,4,7-8,11-15H2,1H3,(H,24,25)(H,26,30). The van der Waals surface area contributed by atoms with Crippen LogP contribution < -0.4 is 10.2 Å². The normalized spacial score (nSPS) is 19.0. The molecule has 1 atom stereocenters. The highest BCUT2D eigenvalue weighted by atomic mass is 16.2. The molecule has 8 heteroatoms. The summed E-state index contributed by atoms with van der Waals surface area (Å²) in [6, 6.07) is 10.3. The molecular weight excluding hydrogens is 378 g/mol. The van der Waals surface area contributed by atoms with Crippen LogP contribution in [0.25, 0.3) is 11.0 Å². The summed E-state index contributed by atoms with van der Waals surface area (Å²) in [5, 5.41) is 7.50. The summed E-state index contributed by atoms with van der Waals surface area (Å²) in [7, 11) is 0. The van der Waals surface area contributed by atoms with E-state index in [0.29, 0.717) is 18.5 Å². The minimum Gasteiger partial charge on any atom is -0.341 e. The highest BCUT2D eigenvalue weighted by molar-refractivity contribution is 5.91. The molecule has 2 fully saturated rings. The van der Waals surface area contributed by atoms with Crippen molar-refractivity contribution in [2.75, 3.05) is 42.9 Å². The Labute approximate surface area is 176 Å². The van der Waals surface area contributed by atoms with Gasteiger partial charge in [0, 0.05) is 32.2 Å². The summed E-state index contributed by atoms with van der Waals surface area (Å²) in [5.41, 5.74) is 2.05. The van der Waals surface area contributed by atoms with Crippen LogP contribution in [0, 0.1) is 5.92 Å². The van der Waals surface area contributed by atoms with Crippen LogP contribution >= 0.6 is 0 Å². The van der Waals surface area contributed by atoms with Gasteiger partial charge in [-0.15, -0.1) is 0 Å². The molecule has 0 radical (unpaired) electrons. The molecule has 1 aromatic carbocycles. The molecule has 3 aromatic rings. The van der Waals surface area contributed by atoms with Gasteiger partial charge in [-0.1, -0.05) is 12.1 Å². The average Bonchev–Trinajstić information content (AvgIpc) is 3.42. The zero-order valence-corrected chi connectivity index (χ0v) is 17.4. The van der Waals surface area contributed by atoms with E-state index in [0.717, 1.165) is 55.4 Å². The Bertz CT molecular complexity index is 988. The van der Waals surface area contributed by atoms with Crippen molar-refractivity contribution >= 4 is 28.7 Å². The zero-order chi connectivity index (χ0) is 20.5. The summed E-state index contributed by atoms with van der Waals surface area (Å²) in [6.07, 6.45) is 5.28. The lowest BCUT2D eigenvalue weighted by Crippen LogP contribution is -2.37. The largest absolute Gasteiger partial charge is 0.341 e. The average molecular weight is 408 g/mol. The van der Waals surface area contributed by atoms with Crippen LogP contribution in [0.15, 0.2) is 36.5 Å². The fourth-order valence-electron chi connectivity index (χ4n) is 4.33. The van der Waals surface area contributed by atoms with E-state index < -0.39 is 0 Å². The second kappa shape index (κ2) is 8.10. The quantitative estimate of drug-likeness (QED) is 0.657. The third-order valence-electron chi connectivity index (χ3n) is 6.26. The molecule has 3 heterocycles. The van der Waals surface area contributed by atoms with Gasteiger partial charge in [0.05, 0.1) is 29.8 Å². The van der Waals surface area contributed by atoms with E-state index in [9.17, 15) is 4.79 Å². The first-order chi connectivity index (χ1) is 14.7. The molecule has 1 unspecified atom stereocenters. The van der Waals surface area contributed by atoms with E-state index >= 15 is 0 Å². The van der Waals surface area contributed by atoms with Crippen molar-refractivity contribution in [3.05, 3.63) is 36.5 Å². The molecule has 1 aliphatic carbocycles. The lowest BCUT2D eigenvalue weighted by molar-refractivity contribution is -0.117. The van der Waals surface area contributed by atoms with Crippen molar-refractivity contribution in [1.29, 1.82) is 0 Å². The monoisotopic (exact) mass is 407 g/mol. The van der Waals surface area contributed by atoms with Gasteiger partial charge in [0.1, 0.15) is 5.82 Å². The highest BCUT2D eigenvalue weighted by Crippen LogP contribution is 2.40. The molecule has 1 aliphatic heterocycles. The van der Waals surface area contributed by atoms with Gasteiger partial charge in [-0.2, -0.15) is 5.10 Å². The smallest absolute Gasteiger partial charge is 0.239 e. The molecule has 0 bridgehead atoms. The molecule has 2 aromatic heterocycles. The maximum absolute atomic E-state index is 12.7. The van der Waals surface area contributed by atoms with E-state index in [1.165, 1.54) is 12.8 Å². The number of carbonyl (C=O) groups excluding carboxylic acids is 1. The van der Waals surface area contributed by atoms with Crippen LogP contribution in [0.4, 0.5) is 11.8 Å². The number of aromatic amines is 1. The second-order valence-corrected chi connectivity index (χ2v) is 8.48. The number of fused-ring (bicyclic) bond motifs is 1. The van der Waals surface area contributed by atoms with Gasteiger partial charge >= 0.3 is 0 Å². The number of para-hydroxylation sites is 2. The van der Waals surface area contributed by atoms with Gasteiger partial charge < -0.3 is 15.2 Å². The number of amides is 1. The third kappa shape index (κ3) is 4.05. The fourth-order valence-corrected chi connectivity index (χ4v) is 4.33. The lowest BCUT2D eigenvalue weighted by Gasteiger charge is -2.21. The summed E-state index contributed by atoms with van der Waals surface area (Å²) in [5.74, 6) is 2.44. The molecule has 30 heavy (non-hydrogen) atoms. The first-order valence-electron chi connectivity index (χ1n) is 10.9. The van der Waals surface area contributed by atoms with Crippen molar-refractivity contribution in [2.45, 2.75) is 32.2 Å². The highest BCUT2D eigenvalue weighted by Gasteiger charge is 2.31. The molecule has 0 spiro atoms. The minimum absolute atomic E-state index is 0.0249. The van der Waals surface area contributed by atoms with Gasteiger partial charge in [0.15, 0.2) is 0 Å². The predicted octanol–water partition coefficient (Wildman–Crippen LogP) is 2.88. The number of H-pyrrole nitrogens is 1. The summed E-state index contributed by atoms with van der Waals surface area (Å²) >= 11 is 0.